The summed E-state index contributed by atoms with van der Waals surface area (Å²) in [6, 6.07) is 10.6. The third-order valence-electron chi connectivity index (χ3n) is 3.97. The van der Waals surface area contributed by atoms with Gasteiger partial charge in [0.25, 0.3) is 0 Å². The molecule has 0 aliphatic carbocycles. The maximum atomic E-state index is 13.1. The number of hydrogen-bond donors (Lipinski definition) is 0. The van der Waals surface area contributed by atoms with Gasteiger partial charge in [-0.15, -0.1) is 0 Å². The third kappa shape index (κ3) is 5.55. The van der Waals surface area contributed by atoms with Crippen molar-refractivity contribution in [3.63, 3.8) is 0 Å². The third-order valence-corrected chi connectivity index (χ3v) is 3.97. The van der Waals surface area contributed by atoms with Gasteiger partial charge in [0.1, 0.15) is 0 Å². The van der Waals surface area contributed by atoms with Crippen LogP contribution in [-0.4, -0.2) is 0 Å². The largest absolute Gasteiger partial charge is 0.204 e. The second kappa shape index (κ2) is 9.31. The average molecular weight is 332 g/mol. The minimum absolute atomic E-state index is 0.503. The minimum Gasteiger partial charge on any atom is -0.204 e. The zero-order valence-corrected chi connectivity index (χ0v) is 14.0. The van der Waals surface area contributed by atoms with E-state index in [1.165, 1.54) is 11.1 Å². The fraction of sp³-hybridized carbons (Fsp3) is 0.333. The molecule has 0 aromatic heterocycles. The zero-order valence-electron chi connectivity index (χ0n) is 14.0. The quantitative estimate of drug-likeness (QED) is 0.383. The van der Waals surface area contributed by atoms with Gasteiger partial charge in [-0.25, -0.2) is 13.2 Å². The maximum Gasteiger partial charge on any atom is 0.194 e. The Morgan fingerprint density at radius 2 is 1.42 bits per heavy atom. The summed E-state index contributed by atoms with van der Waals surface area (Å²) in [4.78, 5) is 0. The van der Waals surface area contributed by atoms with Gasteiger partial charge >= 0.3 is 0 Å². The van der Waals surface area contributed by atoms with Gasteiger partial charge in [-0.2, -0.15) is 0 Å². The molecule has 2 aromatic carbocycles. The molecule has 0 radical (unpaired) electrons. The first-order valence-corrected chi connectivity index (χ1v) is 8.49. The lowest BCUT2D eigenvalue weighted by molar-refractivity contribution is 0.445. The van der Waals surface area contributed by atoms with Crippen LogP contribution in [0, 0.1) is 17.5 Å². The first kappa shape index (κ1) is 18.3. The summed E-state index contributed by atoms with van der Waals surface area (Å²) in [5.41, 5.74) is 2.95. The normalized spacial score (nSPS) is 11.3. The van der Waals surface area contributed by atoms with Crippen LogP contribution in [0.4, 0.5) is 13.2 Å². The van der Waals surface area contributed by atoms with Crippen LogP contribution in [-0.2, 0) is 12.8 Å². The molecule has 0 N–H and O–H groups in total. The van der Waals surface area contributed by atoms with Crippen LogP contribution >= 0.6 is 0 Å². The van der Waals surface area contributed by atoms with Gasteiger partial charge in [-0.3, -0.25) is 0 Å². The summed E-state index contributed by atoms with van der Waals surface area (Å²) in [5.74, 6) is -3.62. The van der Waals surface area contributed by atoms with Crippen molar-refractivity contribution in [1.82, 2.24) is 0 Å². The molecule has 0 saturated carbocycles. The zero-order chi connectivity index (χ0) is 17.4. The lowest BCUT2D eigenvalue weighted by atomic mass is 10.0. The number of halogens is 3. The van der Waals surface area contributed by atoms with Crippen LogP contribution in [0.5, 0.6) is 0 Å². The maximum absolute atomic E-state index is 13.1. The van der Waals surface area contributed by atoms with Crippen molar-refractivity contribution in [3.8, 4) is 0 Å². The molecular weight excluding hydrogens is 309 g/mol. The highest BCUT2D eigenvalue weighted by Gasteiger charge is 2.10. The molecule has 3 heteroatoms. The monoisotopic (exact) mass is 332 g/mol. The van der Waals surface area contributed by atoms with Crippen LogP contribution in [0.3, 0.4) is 0 Å². The van der Waals surface area contributed by atoms with Crippen molar-refractivity contribution in [3.05, 3.63) is 76.6 Å². The first-order valence-electron chi connectivity index (χ1n) is 8.49. The number of unbranched alkanes of at least 4 members (excludes halogenated alkanes) is 2. The van der Waals surface area contributed by atoms with Gasteiger partial charge in [0, 0.05) is 0 Å². The molecule has 0 fully saturated rings. The topological polar surface area (TPSA) is 0 Å². The molecule has 0 atom stereocenters. The Hall–Kier alpha value is -2.03. The van der Waals surface area contributed by atoms with E-state index in [1.54, 1.807) is 0 Å². The summed E-state index contributed by atoms with van der Waals surface area (Å²) < 4.78 is 39.2. The molecular formula is C21H23F3. The minimum atomic E-state index is -1.40. The molecule has 2 aromatic rings. The van der Waals surface area contributed by atoms with E-state index in [9.17, 15) is 13.2 Å². The molecule has 24 heavy (non-hydrogen) atoms. The lowest BCUT2D eigenvalue weighted by Gasteiger charge is -2.05. The number of hydrogen-bond acceptors (Lipinski definition) is 0. The number of aryl methyl sites for hydroxylation is 2. The van der Waals surface area contributed by atoms with E-state index in [-0.39, 0.29) is 0 Å². The van der Waals surface area contributed by atoms with Crippen molar-refractivity contribution < 1.29 is 13.2 Å². The standard InChI is InChI=1S/C21H23F3/c1-2-3-4-7-16-10-12-17(13-11-16)8-5-6-9-18-14-19(22)21(24)20(23)15-18/h4,7,10-15H,2-3,5-6,8-9H2,1H3. The van der Waals surface area contributed by atoms with Gasteiger partial charge in [0.15, 0.2) is 17.5 Å². The molecule has 0 unspecified atom stereocenters. The van der Waals surface area contributed by atoms with Crippen molar-refractivity contribution >= 4 is 6.08 Å². The van der Waals surface area contributed by atoms with Gasteiger partial charge in [-0.1, -0.05) is 49.8 Å². The molecule has 0 aliphatic heterocycles. The Balaban J connectivity index is 1.78. The Kier molecular flexibility index (Phi) is 7.10. The first-order chi connectivity index (χ1) is 11.6. The van der Waals surface area contributed by atoms with E-state index in [2.05, 4.69) is 43.3 Å². The fourth-order valence-electron chi connectivity index (χ4n) is 2.59. The summed E-state index contributed by atoms with van der Waals surface area (Å²) in [6.07, 6.45) is 9.75. The molecule has 0 saturated heterocycles. The number of allylic oxidation sites excluding steroid dienone is 1. The predicted octanol–water partition coefficient (Wildman–Crippen LogP) is 6.48. The second-order valence-corrected chi connectivity index (χ2v) is 6.01. The van der Waals surface area contributed by atoms with Crippen molar-refractivity contribution in [2.75, 3.05) is 0 Å². The van der Waals surface area contributed by atoms with Gasteiger partial charge in [0.05, 0.1) is 0 Å². The molecule has 0 spiro atoms. The van der Waals surface area contributed by atoms with Crippen LogP contribution in [0.1, 0.15) is 49.3 Å². The second-order valence-electron chi connectivity index (χ2n) is 6.01. The van der Waals surface area contributed by atoms with Crippen molar-refractivity contribution in [1.29, 1.82) is 0 Å². The Morgan fingerprint density at radius 3 is 2.00 bits per heavy atom. The summed E-state index contributed by atoms with van der Waals surface area (Å²) in [5, 5.41) is 0. The summed E-state index contributed by atoms with van der Waals surface area (Å²) >= 11 is 0. The smallest absolute Gasteiger partial charge is 0.194 e. The van der Waals surface area contributed by atoms with Gasteiger partial charge in [-0.05, 0) is 60.9 Å². The highest BCUT2D eigenvalue weighted by Crippen LogP contribution is 2.16. The molecule has 0 aliphatic rings. The SMILES string of the molecule is CCCC=Cc1ccc(CCCCc2cc(F)c(F)c(F)c2)cc1. The Labute approximate surface area is 142 Å². The molecule has 0 heterocycles. The van der Waals surface area contributed by atoms with Gasteiger partial charge in [0.2, 0.25) is 0 Å². The highest BCUT2D eigenvalue weighted by molar-refractivity contribution is 5.49. The van der Waals surface area contributed by atoms with E-state index in [4.69, 9.17) is 0 Å². The highest BCUT2D eigenvalue weighted by atomic mass is 19.2. The van der Waals surface area contributed by atoms with Crippen LogP contribution < -0.4 is 0 Å². The Bertz CT molecular complexity index is 649. The average Bonchev–Trinajstić information content (AvgIpc) is 2.58. The molecule has 2 rings (SSSR count). The van der Waals surface area contributed by atoms with E-state index in [1.807, 2.05) is 0 Å². The van der Waals surface area contributed by atoms with Crippen LogP contribution in [0.15, 0.2) is 42.5 Å². The summed E-state index contributed by atoms with van der Waals surface area (Å²) in [6.45, 7) is 2.15. The van der Waals surface area contributed by atoms with Gasteiger partial charge < -0.3 is 0 Å². The van der Waals surface area contributed by atoms with E-state index in [0.29, 0.717) is 12.0 Å². The molecule has 0 nitrogen and oxygen atoms in total. The van der Waals surface area contributed by atoms with E-state index in [0.717, 1.165) is 44.2 Å². The number of rotatable bonds is 8. The fourth-order valence-corrected chi connectivity index (χ4v) is 2.59. The molecule has 0 bridgehead atoms. The molecule has 0 amide bonds. The van der Waals surface area contributed by atoms with Crippen molar-refractivity contribution in [2.45, 2.75) is 45.4 Å². The summed E-state index contributed by atoms with van der Waals surface area (Å²) in [7, 11) is 0. The van der Waals surface area contributed by atoms with Crippen LogP contribution in [0.2, 0.25) is 0 Å². The Morgan fingerprint density at radius 1 is 0.833 bits per heavy atom. The number of benzene rings is 2. The molecule has 128 valence electrons. The van der Waals surface area contributed by atoms with Crippen molar-refractivity contribution in [2.24, 2.45) is 0 Å². The van der Waals surface area contributed by atoms with E-state index >= 15 is 0 Å². The lowest BCUT2D eigenvalue weighted by Crippen LogP contribution is -1.96. The predicted molar refractivity (Wildman–Crippen MR) is 93.3 cm³/mol. The van der Waals surface area contributed by atoms with E-state index < -0.39 is 17.5 Å². The van der Waals surface area contributed by atoms with Crippen LogP contribution in [0.25, 0.3) is 6.08 Å².